The highest BCUT2D eigenvalue weighted by atomic mass is 16.3. The molecule has 0 saturated carbocycles. The van der Waals surface area contributed by atoms with Gasteiger partial charge in [-0.1, -0.05) is 0 Å². The minimum absolute atomic E-state index is 0.292. The number of carbonyl (C=O) groups excluding carboxylic acids is 1. The minimum atomic E-state index is 0.292. The summed E-state index contributed by atoms with van der Waals surface area (Å²) in [6.07, 6.45) is 5.09. The van der Waals surface area contributed by atoms with Crippen LogP contribution in [0.5, 0.6) is 0 Å². The monoisotopic (exact) mass is 222 g/mol. The Labute approximate surface area is 95.6 Å². The molecule has 2 rings (SSSR count). The van der Waals surface area contributed by atoms with Crippen LogP contribution in [0.1, 0.15) is 44.3 Å². The first-order chi connectivity index (χ1) is 7.72. The van der Waals surface area contributed by atoms with Gasteiger partial charge < -0.3 is 9.21 Å². The van der Waals surface area contributed by atoms with Gasteiger partial charge in [-0.25, -0.2) is 4.98 Å². The molecule has 1 saturated heterocycles. The predicted molar refractivity (Wildman–Crippen MR) is 60.1 cm³/mol. The van der Waals surface area contributed by atoms with Crippen molar-refractivity contribution in [3.8, 4) is 0 Å². The van der Waals surface area contributed by atoms with Crippen LogP contribution in [0.4, 0.5) is 0 Å². The SMILES string of the molecule is CC(C)N1CCCC1c1nc(CC=O)co1. The Morgan fingerprint density at radius 1 is 1.69 bits per heavy atom. The normalized spacial score (nSPS) is 21.8. The lowest BCUT2D eigenvalue weighted by atomic mass is 10.2. The number of rotatable bonds is 4. The second kappa shape index (κ2) is 4.78. The zero-order valence-corrected chi connectivity index (χ0v) is 9.85. The molecular formula is C12H18N2O2. The van der Waals surface area contributed by atoms with Crippen molar-refractivity contribution in [2.75, 3.05) is 6.54 Å². The van der Waals surface area contributed by atoms with E-state index in [-0.39, 0.29) is 0 Å². The lowest BCUT2D eigenvalue weighted by molar-refractivity contribution is -0.107. The summed E-state index contributed by atoms with van der Waals surface area (Å²) in [5.41, 5.74) is 0.737. The van der Waals surface area contributed by atoms with Crippen molar-refractivity contribution in [2.24, 2.45) is 0 Å². The Morgan fingerprint density at radius 2 is 2.50 bits per heavy atom. The van der Waals surface area contributed by atoms with Crippen LogP contribution in [-0.4, -0.2) is 28.8 Å². The van der Waals surface area contributed by atoms with Gasteiger partial charge in [-0.2, -0.15) is 0 Å². The molecule has 2 heterocycles. The molecule has 0 N–H and O–H groups in total. The van der Waals surface area contributed by atoms with Crippen molar-refractivity contribution < 1.29 is 9.21 Å². The van der Waals surface area contributed by atoms with Gasteiger partial charge in [0.2, 0.25) is 5.89 Å². The molecule has 0 aromatic carbocycles. The molecule has 1 aliphatic rings. The second-order valence-corrected chi connectivity index (χ2v) is 4.54. The van der Waals surface area contributed by atoms with Crippen molar-refractivity contribution >= 4 is 6.29 Å². The molecule has 1 unspecified atom stereocenters. The van der Waals surface area contributed by atoms with Crippen molar-refractivity contribution in [2.45, 2.75) is 45.2 Å². The molecule has 4 heteroatoms. The molecule has 4 nitrogen and oxygen atoms in total. The summed E-state index contributed by atoms with van der Waals surface area (Å²) in [6, 6.07) is 0.800. The fourth-order valence-electron chi connectivity index (χ4n) is 2.33. The van der Waals surface area contributed by atoms with Crippen LogP contribution in [0.15, 0.2) is 10.7 Å². The lowest BCUT2D eigenvalue weighted by Gasteiger charge is -2.25. The molecule has 0 radical (unpaired) electrons. The molecule has 1 aromatic rings. The summed E-state index contributed by atoms with van der Waals surface area (Å²) in [4.78, 5) is 17.2. The van der Waals surface area contributed by atoms with Crippen LogP contribution in [0.3, 0.4) is 0 Å². The molecule has 1 aromatic heterocycles. The number of aromatic nitrogens is 1. The van der Waals surface area contributed by atoms with E-state index in [2.05, 4.69) is 23.7 Å². The summed E-state index contributed by atoms with van der Waals surface area (Å²) >= 11 is 0. The van der Waals surface area contributed by atoms with Gasteiger partial charge >= 0.3 is 0 Å². The van der Waals surface area contributed by atoms with Gasteiger partial charge in [0.05, 0.1) is 11.7 Å². The maximum absolute atomic E-state index is 10.4. The van der Waals surface area contributed by atoms with Crippen molar-refractivity contribution in [1.82, 2.24) is 9.88 Å². The van der Waals surface area contributed by atoms with E-state index >= 15 is 0 Å². The molecule has 1 aliphatic heterocycles. The third-order valence-electron chi connectivity index (χ3n) is 3.10. The van der Waals surface area contributed by atoms with Crippen LogP contribution in [0.2, 0.25) is 0 Å². The van der Waals surface area contributed by atoms with E-state index in [0.717, 1.165) is 30.8 Å². The topological polar surface area (TPSA) is 46.3 Å². The van der Waals surface area contributed by atoms with E-state index in [1.807, 2.05) is 0 Å². The van der Waals surface area contributed by atoms with Crippen molar-refractivity contribution in [3.05, 3.63) is 17.8 Å². The predicted octanol–water partition coefficient (Wildman–Crippen LogP) is 1.96. The summed E-state index contributed by atoms with van der Waals surface area (Å²) in [5.74, 6) is 0.767. The Kier molecular flexibility index (Phi) is 3.39. The zero-order valence-electron chi connectivity index (χ0n) is 9.85. The molecule has 1 atom stereocenters. The van der Waals surface area contributed by atoms with Gasteiger partial charge in [0.15, 0.2) is 0 Å². The largest absolute Gasteiger partial charge is 0.447 e. The average molecular weight is 222 g/mol. The third-order valence-corrected chi connectivity index (χ3v) is 3.10. The number of carbonyl (C=O) groups is 1. The van der Waals surface area contributed by atoms with Gasteiger partial charge in [0.1, 0.15) is 12.5 Å². The molecule has 0 aliphatic carbocycles. The quantitative estimate of drug-likeness (QED) is 0.731. The number of aldehydes is 1. The zero-order chi connectivity index (χ0) is 11.5. The number of hydrogen-bond acceptors (Lipinski definition) is 4. The van der Waals surface area contributed by atoms with Crippen molar-refractivity contribution in [1.29, 1.82) is 0 Å². The van der Waals surface area contributed by atoms with Gasteiger partial charge in [-0.3, -0.25) is 4.90 Å². The fraction of sp³-hybridized carbons (Fsp3) is 0.667. The van der Waals surface area contributed by atoms with E-state index in [4.69, 9.17) is 4.42 Å². The number of nitrogens with zero attached hydrogens (tertiary/aromatic N) is 2. The Morgan fingerprint density at radius 3 is 3.19 bits per heavy atom. The van der Waals surface area contributed by atoms with E-state index in [9.17, 15) is 4.79 Å². The number of oxazole rings is 1. The highest BCUT2D eigenvalue weighted by Gasteiger charge is 2.31. The van der Waals surface area contributed by atoms with Crippen LogP contribution in [0.25, 0.3) is 0 Å². The second-order valence-electron chi connectivity index (χ2n) is 4.54. The molecule has 88 valence electrons. The first-order valence-electron chi connectivity index (χ1n) is 5.86. The van der Waals surface area contributed by atoms with Crippen LogP contribution < -0.4 is 0 Å². The van der Waals surface area contributed by atoms with Crippen LogP contribution >= 0.6 is 0 Å². The fourth-order valence-corrected chi connectivity index (χ4v) is 2.33. The summed E-state index contributed by atoms with van der Waals surface area (Å²) < 4.78 is 5.47. The van der Waals surface area contributed by atoms with Gasteiger partial charge in [-0.15, -0.1) is 0 Å². The Hall–Kier alpha value is -1.16. The lowest BCUT2D eigenvalue weighted by Crippen LogP contribution is -2.30. The van der Waals surface area contributed by atoms with Gasteiger partial charge in [0, 0.05) is 12.5 Å². The van der Waals surface area contributed by atoms with Gasteiger partial charge in [0.25, 0.3) is 0 Å². The molecular weight excluding hydrogens is 204 g/mol. The molecule has 1 fully saturated rings. The molecule has 0 bridgehead atoms. The summed E-state index contributed by atoms with van der Waals surface area (Å²) in [5, 5.41) is 0. The van der Waals surface area contributed by atoms with Crippen LogP contribution in [-0.2, 0) is 11.2 Å². The number of likely N-dealkylation sites (tertiary alicyclic amines) is 1. The highest BCUT2D eigenvalue weighted by molar-refractivity contribution is 5.53. The summed E-state index contributed by atoms with van der Waals surface area (Å²) in [6.45, 7) is 5.48. The standard InChI is InChI=1S/C12H18N2O2/c1-9(2)14-6-3-4-11(14)12-13-10(5-7-15)8-16-12/h7-9,11H,3-6H2,1-2H3. The third kappa shape index (κ3) is 2.16. The first kappa shape index (κ1) is 11.3. The average Bonchev–Trinajstić information content (AvgIpc) is 2.83. The summed E-state index contributed by atoms with van der Waals surface area (Å²) in [7, 11) is 0. The molecule has 0 spiro atoms. The smallest absolute Gasteiger partial charge is 0.211 e. The molecule has 16 heavy (non-hydrogen) atoms. The number of hydrogen-bond donors (Lipinski definition) is 0. The van der Waals surface area contributed by atoms with Gasteiger partial charge in [-0.05, 0) is 33.2 Å². The molecule has 0 amide bonds. The minimum Gasteiger partial charge on any atom is -0.447 e. The maximum Gasteiger partial charge on any atom is 0.211 e. The maximum atomic E-state index is 10.4. The van der Waals surface area contributed by atoms with Crippen molar-refractivity contribution in [3.63, 3.8) is 0 Å². The highest BCUT2D eigenvalue weighted by Crippen LogP contribution is 2.32. The van der Waals surface area contributed by atoms with E-state index < -0.39 is 0 Å². The Bertz CT molecular complexity index is 360. The van der Waals surface area contributed by atoms with E-state index in [0.29, 0.717) is 18.5 Å². The van der Waals surface area contributed by atoms with Crippen LogP contribution in [0, 0.1) is 0 Å². The Balaban J connectivity index is 2.12. The van der Waals surface area contributed by atoms with E-state index in [1.165, 1.54) is 6.42 Å². The van der Waals surface area contributed by atoms with E-state index in [1.54, 1.807) is 6.26 Å². The first-order valence-corrected chi connectivity index (χ1v) is 5.86.